The summed E-state index contributed by atoms with van der Waals surface area (Å²) in [5, 5.41) is 0. The van der Waals surface area contributed by atoms with Crippen molar-refractivity contribution in [3.63, 3.8) is 0 Å². The van der Waals surface area contributed by atoms with Crippen LogP contribution >= 0.6 is 0 Å². The van der Waals surface area contributed by atoms with Crippen molar-refractivity contribution >= 4 is 5.69 Å². The molecule has 0 amide bonds. The SMILES string of the molecule is CN(C)CCCN1Cc2ccc(N(C)C)cc2C1CN. The number of hydrogen-bond acceptors (Lipinski definition) is 4. The maximum atomic E-state index is 6.03. The Morgan fingerprint density at radius 3 is 2.60 bits per heavy atom. The van der Waals surface area contributed by atoms with Crippen LogP contribution in [0.15, 0.2) is 18.2 Å². The van der Waals surface area contributed by atoms with E-state index in [-0.39, 0.29) is 0 Å². The second-order valence-corrected chi connectivity index (χ2v) is 6.16. The Morgan fingerprint density at radius 1 is 1.25 bits per heavy atom. The van der Waals surface area contributed by atoms with Gasteiger partial charge in [0.2, 0.25) is 0 Å². The first-order valence-corrected chi connectivity index (χ1v) is 7.42. The summed E-state index contributed by atoms with van der Waals surface area (Å²) in [5.41, 5.74) is 10.2. The number of nitrogens with two attached hydrogens (primary N) is 1. The van der Waals surface area contributed by atoms with Crippen molar-refractivity contribution in [1.29, 1.82) is 0 Å². The first-order valence-electron chi connectivity index (χ1n) is 7.42. The van der Waals surface area contributed by atoms with Gasteiger partial charge in [-0.25, -0.2) is 0 Å². The molecular weight excluding hydrogens is 248 g/mol. The van der Waals surface area contributed by atoms with Gasteiger partial charge in [-0.3, -0.25) is 4.90 Å². The van der Waals surface area contributed by atoms with E-state index in [0.717, 1.165) is 19.6 Å². The fraction of sp³-hybridized carbons (Fsp3) is 0.625. The Bertz CT molecular complexity index is 442. The average molecular weight is 276 g/mol. The third-order valence-corrected chi connectivity index (χ3v) is 4.09. The summed E-state index contributed by atoms with van der Waals surface area (Å²) in [6.45, 7) is 3.99. The van der Waals surface area contributed by atoms with Gasteiger partial charge in [-0.15, -0.1) is 0 Å². The van der Waals surface area contributed by atoms with E-state index in [0.29, 0.717) is 12.6 Å². The molecule has 1 heterocycles. The van der Waals surface area contributed by atoms with Gasteiger partial charge in [0.1, 0.15) is 0 Å². The van der Waals surface area contributed by atoms with Crippen molar-refractivity contribution in [1.82, 2.24) is 9.80 Å². The number of anilines is 1. The zero-order valence-corrected chi connectivity index (χ0v) is 13.3. The van der Waals surface area contributed by atoms with E-state index < -0.39 is 0 Å². The molecule has 4 heteroatoms. The molecule has 1 aromatic rings. The number of rotatable bonds is 6. The van der Waals surface area contributed by atoms with Crippen LogP contribution in [-0.2, 0) is 6.54 Å². The number of fused-ring (bicyclic) bond motifs is 1. The standard InChI is InChI=1S/C16H28N4/c1-18(2)8-5-9-20-12-13-6-7-14(19(3)4)10-15(13)16(20)11-17/h6-7,10,16H,5,8-9,11-12,17H2,1-4H3. The molecule has 0 aromatic heterocycles. The number of benzene rings is 1. The third kappa shape index (κ3) is 3.32. The van der Waals surface area contributed by atoms with E-state index in [1.54, 1.807) is 0 Å². The van der Waals surface area contributed by atoms with Crippen LogP contribution in [0.25, 0.3) is 0 Å². The van der Waals surface area contributed by atoms with Gasteiger partial charge in [0.15, 0.2) is 0 Å². The highest BCUT2D eigenvalue weighted by Crippen LogP contribution is 2.35. The van der Waals surface area contributed by atoms with Crippen molar-refractivity contribution in [3.8, 4) is 0 Å². The fourth-order valence-corrected chi connectivity index (χ4v) is 2.94. The predicted octanol–water partition coefficient (Wildman–Crippen LogP) is 1.52. The molecule has 2 N–H and O–H groups in total. The first-order chi connectivity index (χ1) is 9.52. The molecule has 0 saturated heterocycles. The highest BCUT2D eigenvalue weighted by molar-refractivity contribution is 5.52. The Balaban J connectivity index is 2.09. The molecule has 1 aromatic carbocycles. The topological polar surface area (TPSA) is 35.7 Å². The van der Waals surface area contributed by atoms with E-state index in [1.165, 1.54) is 23.2 Å². The van der Waals surface area contributed by atoms with Gasteiger partial charge in [-0.05, 0) is 50.3 Å². The summed E-state index contributed by atoms with van der Waals surface area (Å²) in [7, 11) is 8.43. The quantitative estimate of drug-likeness (QED) is 0.854. The molecule has 0 radical (unpaired) electrons. The highest BCUT2D eigenvalue weighted by Gasteiger charge is 2.28. The largest absolute Gasteiger partial charge is 0.378 e. The Labute approximate surface area is 123 Å². The lowest BCUT2D eigenvalue weighted by Crippen LogP contribution is -2.30. The lowest BCUT2D eigenvalue weighted by molar-refractivity contribution is 0.208. The summed E-state index contributed by atoms with van der Waals surface area (Å²) in [5.74, 6) is 0. The van der Waals surface area contributed by atoms with Crippen molar-refractivity contribution in [3.05, 3.63) is 29.3 Å². The van der Waals surface area contributed by atoms with Crippen LogP contribution in [0, 0.1) is 0 Å². The molecule has 0 spiro atoms. The molecule has 2 rings (SSSR count). The van der Waals surface area contributed by atoms with Gasteiger partial charge in [0.25, 0.3) is 0 Å². The second-order valence-electron chi connectivity index (χ2n) is 6.16. The normalized spacial score (nSPS) is 18.6. The summed E-state index contributed by atoms with van der Waals surface area (Å²) in [4.78, 5) is 6.92. The third-order valence-electron chi connectivity index (χ3n) is 4.09. The van der Waals surface area contributed by atoms with Gasteiger partial charge < -0.3 is 15.5 Å². The second kappa shape index (κ2) is 6.57. The molecule has 1 atom stereocenters. The van der Waals surface area contributed by atoms with Gasteiger partial charge in [-0.2, -0.15) is 0 Å². The van der Waals surface area contributed by atoms with E-state index in [2.05, 4.69) is 61.1 Å². The van der Waals surface area contributed by atoms with E-state index in [4.69, 9.17) is 5.73 Å². The lowest BCUT2D eigenvalue weighted by atomic mass is 10.0. The van der Waals surface area contributed by atoms with Crippen LogP contribution in [-0.4, -0.2) is 57.6 Å². The van der Waals surface area contributed by atoms with Crippen molar-refractivity contribution in [2.45, 2.75) is 19.0 Å². The lowest BCUT2D eigenvalue weighted by Gasteiger charge is -2.24. The van der Waals surface area contributed by atoms with Crippen LogP contribution < -0.4 is 10.6 Å². The van der Waals surface area contributed by atoms with Crippen LogP contribution in [0.5, 0.6) is 0 Å². The van der Waals surface area contributed by atoms with Crippen molar-refractivity contribution < 1.29 is 0 Å². The average Bonchev–Trinajstić information content (AvgIpc) is 2.74. The zero-order valence-electron chi connectivity index (χ0n) is 13.3. The molecule has 112 valence electrons. The molecule has 0 aliphatic carbocycles. The van der Waals surface area contributed by atoms with Gasteiger partial charge in [-0.1, -0.05) is 6.07 Å². The maximum absolute atomic E-state index is 6.03. The Kier molecular flexibility index (Phi) is 5.02. The summed E-state index contributed by atoms with van der Waals surface area (Å²) in [6.07, 6.45) is 1.19. The first kappa shape index (κ1) is 15.3. The van der Waals surface area contributed by atoms with E-state index in [9.17, 15) is 0 Å². The molecule has 1 unspecified atom stereocenters. The molecule has 0 fully saturated rings. The van der Waals surface area contributed by atoms with Gasteiger partial charge in [0, 0.05) is 45.5 Å². The molecule has 0 saturated carbocycles. The minimum Gasteiger partial charge on any atom is -0.378 e. The van der Waals surface area contributed by atoms with Crippen LogP contribution in [0.1, 0.15) is 23.6 Å². The zero-order chi connectivity index (χ0) is 14.7. The molecule has 20 heavy (non-hydrogen) atoms. The summed E-state index contributed by atoms with van der Waals surface area (Å²) < 4.78 is 0. The number of hydrogen-bond donors (Lipinski definition) is 1. The molecule has 4 nitrogen and oxygen atoms in total. The minimum absolute atomic E-state index is 0.382. The minimum atomic E-state index is 0.382. The monoisotopic (exact) mass is 276 g/mol. The summed E-state index contributed by atoms with van der Waals surface area (Å²) in [6, 6.07) is 7.15. The van der Waals surface area contributed by atoms with E-state index in [1.807, 2.05) is 0 Å². The van der Waals surface area contributed by atoms with E-state index >= 15 is 0 Å². The maximum Gasteiger partial charge on any atom is 0.0478 e. The summed E-state index contributed by atoms with van der Waals surface area (Å²) >= 11 is 0. The number of nitrogens with zero attached hydrogens (tertiary/aromatic N) is 3. The predicted molar refractivity (Wildman–Crippen MR) is 86.1 cm³/mol. The van der Waals surface area contributed by atoms with Crippen molar-refractivity contribution in [2.24, 2.45) is 5.73 Å². The molecular formula is C16H28N4. The van der Waals surface area contributed by atoms with Crippen LogP contribution in [0.2, 0.25) is 0 Å². The van der Waals surface area contributed by atoms with Gasteiger partial charge in [0.05, 0.1) is 0 Å². The smallest absolute Gasteiger partial charge is 0.0478 e. The molecule has 1 aliphatic heterocycles. The van der Waals surface area contributed by atoms with Crippen LogP contribution in [0.3, 0.4) is 0 Å². The molecule has 1 aliphatic rings. The van der Waals surface area contributed by atoms with Crippen LogP contribution in [0.4, 0.5) is 5.69 Å². The van der Waals surface area contributed by atoms with Gasteiger partial charge >= 0.3 is 0 Å². The Hall–Kier alpha value is -1.10. The molecule has 0 bridgehead atoms. The highest BCUT2D eigenvalue weighted by atomic mass is 15.2. The Morgan fingerprint density at radius 2 is 2.00 bits per heavy atom. The van der Waals surface area contributed by atoms with Crippen molar-refractivity contribution in [2.75, 3.05) is 52.7 Å². The fourth-order valence-electron chi connectivity index (χ4n) is 2.94.